The molecule has 4 aromatic rings. The highest BCUT2D eigenvalue weighted by molar-refractivity contribution is 8.00. The smallest absolute Gasteiger partial charge is 0.277 e. The Morgan fingerprint density at radius 1 is 1.00 bits per heavy atom. The fourth-order valence-electron chi connectivity index (χ4n) is 3.08. The molecule has 0 saturated heterocycles. The van der Waals surface area contributed by atoms with E-state index in [9.17, 15) is 9.18 Å². The first kappa shape index (κ1) is 22.3. The first-order valence-corrected chi connectivity index (χ1v) is 10.8. The fourth-order valence-corrected chi connectivity index (χ4v) is 3.96. The predicted molar refractivity (Wildman–Crippen MR) is 123 cm³/mol. The maximum absolute atomic E-state index is 13.2. The van der Waals surface area contributed by atoms with Crippen LogP contribution in [0.1, 0.15) is 10.8 Å². The van der Waals surface area contributed by atoms with Crippen molar-refractivity contribution in [1.29, 1.82) is 0 Å². The number of carbonyl (C=O) groups excluding carboxylic acids is 1. The number of thioether (sulfide) groups is 1. The van der Waals surface area contributed by atoms with E-state index in [-0.39, 0.29) is 22.8 Å². The van der Waals surface area contributed by atoms with Crippen LogP contribution in [0.5, 0.6) is 11.5 Å². The van der Waals surface area contributed by atoms with E-state index in [1.165, 1.54) is 31.4 Å². The number of nitrogens with one attached hydrogen (secondary N) is 1. The molecule has 33 heavy (non-hydrogen) atoms. The van der Waals surface area contributed by atoms with Crippen LogP contribution in [0, 0.1) is 5.82 Å². The molecule has 1 atom stereocenters. The van der Waals surface area contributed by atoms with Gasteiger partial charge in [-0.05, 0) is 53.7 Å². The second-order valence-corrected chi connectivity index (χ2v) is 7.90. The summed E-state index contributed by atoms with van der Waals surface area (Å²) >= 11 is 1.12. The number of halogens is 1. The quantitative estimate of drug-likeness (QED) is 0.350. The van der Waals surface area contributed by atoms with Crippen molar-refractivity contribution in [2.45, 2.75) is 10.5 Å². The average Bonchev–Trinajstić information content (AvgIpc) is 3.32. The Morgan fingerprint density at radius 3 is 2.45 bits per heavy atom. The molecule has 1 amide bonds. The number of nitrogens with zero attached hydrogens (tertiary/aromatic N) is 2. The third-order valence-electron chi connectivity index (χ3n) is 4.72. The number of hydrogen-bond acceptors (Lipinski definition) is 7. The third-order valence-corrected chi connectivity index (χ3v) is 5.81. The second kappa shape index (κ2) is 10.2. The van der Waals surface area contributed by atoms with Gasteiger partial charge in [-0.3, -0.25) is 4.79 Å². The van der Waals surface area contributed by atoms with E-state index >= 15 is 0 Å². The molecule has 168 valence electrons. The van der Waals surface area contributed by atoms with Crippen LogP contribution in [0.3, 0.4) is 0 Å². The summed E-state index contributed by atoms with van der Waals surface area (Å²) in [5.41, 5.74) is 1.84. The molecule has 0 aliphatic heterocycles. The Labute approximate surface area is 193 Å². The molecule has 1 N–H and O–H groups in total. The van der Waals surface area contributed by atoms with Crippen LogP contribution >= 0.6 is 11.8 Å². The topological polar surface area (TPSA) is 86.5 Å². The molecule has 1 aromatic heterocycles. The molecule has 0 saturated carbocycles. The van der Waals surface area contributed by atoms with Gasteiger partial charge in [0.15, 0.2) is 0 Å². The summed E-state index contributed by atoms with van der Waals surface area (Å²) < 4.78 is 29.7. The van der Waals surface area contributed by atoms with Gasteiger partial charge in [-0.2, -0.15) is 0 Å². The lowest BCUT2D eigenvalue weighted by Gasteiger charge is -2.15. The van der Waals surface area contributed by atoms with Crippen molar-refractivity contribution in [2.75, 3.05) is 19.5 Å². The SMILES string of the molecule is COc1ccc(-c2nnc(S[C@@H](C(=O)Nc3ccc(F)cc3)c3ccccc3)o2)c(OC)c1. The average molecular weight is 466 g/mol. The largest absolute Gasteiger partial charge is 0.497 e. The Bertz CT molecular complexity index is 1230. The highest BCUT2D eigenvalue weighted by Crippen LogP contribution is 2.38. The molecule has 9 heteroatoms. The van der Waals surface area contributed by atoms with Crippen molar-refractivity contribution in [3.8, 4) is 23.0 Å². The minimum atomic E-state index is -0.678. The minimum Gasteiger partial charge on any atom is -0.497 e. The van der Waals surface area contributed by atoms with E-state index in [2.05, 4.69) is 15.5 Å². The summed E-state index contributed by atoms with van der Waals surface area (Å²) in [7, 11) is 3.10. The molecule has 3 aromatic carbocycles. The van der Waals surface area contributed by atoms with Crippen LogP contribution in [0.2, 0.25) is 0 Å². The van der Waals surface area contributed by atoms with Crippen LogP contribution in [0.15, 0.2) is 82.4 Å². The molecule has 0 fully saturated rings. The first-order valence-electron chi connectivity index (χ1n) is 9.91. The number of ether oxygens (including phenoxy) is 2. The van der Waals surface area contributed by atoms with Gasteiger partial charge in [0.1, 0.15) is 22.6 Å². The number of anilines is 1. The summed E-state index contributed by atoms with van der Waals surface area (Å²) in [5.74, 6) is 0.714. The van der Waals surface area contributed by atoms with E-state index in [0.717, 1.165) is 17.3 Å². The van der Waals surface area contributed by atoms with Crippen LogP contribution in [0.4, 0.5) is 10.1 Å². The fraction of sp³-hybridized carbons (Fsp3) is 0.125. The standard InChI is InChI=1S/C24H20FN3O4S/c1-30-18-12-13-19(20(14-18)31-2)23-27-28-24(32-23)33-21(15-6-4-3-5-7-15)22(29)26-17-10-8-16(25)9-11-17/h3-14,21H,1-2H3,(H,26,29)/t21-/m1/s1. The van der Waals surface area contributed by atoms with Crippen molar-refractivity contribution in [2.24, 2.45) is 0 Å². The Hall–Kier alpha value is -3.85. The van der Waals surface area contributed by atoms with Crippen molar-refractivity contribution < 1.29 is 23.1 Å². The number of aromatic nitrogens is 2. The molecule has 0 radical (unpaired) electrons. The molecular formula is C24H20FN3O4S. The van der Waals surface area contributed by atoms with E-state index < -0.39 is 5.25 Å². The second-order valence-electron chi connectivity index (χ2n) is 6.84. The van der Waals surface area contributed by atoms with Gasteiger partial charge in [-0.15, -0.1) is 10.2 Å². The lowest BCUT2D eigenvalue weighted by Crippen LogP contribution is -2.19. The van der Waals surface area contributed by atoms with Gasteiger partial charge in [-0.25, -0.2) is 4.39 Å². The van der Waals surface area contributed by atoms with Gasteiger partial charge in [0.2, 0.25) is 5.91 Å². The van der Waals surface area contributed by atoms with Crippen molar-refractivity contribution in [3.63, 3.8) is 0 Å². The Balaban J connectivity index is 1.59. The first-order chi connectivity index (χ1) is 16.1. The lowest BCUT2D eigenvalue weighted by molar-refractivity contribution is -0.115. The van der Waals surface area contributed by atoms with Gasteiger partial charge in [0.25, 0.3) is 11.1 Å². The minimum absolute atomic E-state index is 0.214. The number of benzene rings is 3. The molecule has 1 heterocycles. The normalized spacial score (nSPS) is 11.6. The summed E-state index contributed by atoms with van der Waals surface area (Å²) in [6.07, 6.45) is 0. The van der Waals surface area contributed by atoms with E-state index in [0.29, 0.717) is 22.7 Å². The zero-order chi connectivity index (χ0) is 23.2. The molecule has 0 unspecified atom stereocenters. The van der Waals surface area contributed by atoms with Gasteiger partial charge < -0.3 is 19.2 Å². The maximum atomic E-state index is 13.2. The third kappa shape index (κ3) is 5.32. The van der Waals surface area contributed by atoms with Gasteiger partial charge in [-0.1, -0.05) is 30.3 Å². The number of methoxy groups -OCH3 is 2. The van der Waals surface area contributed by atoms with Crippen LogP contribution in [-0.2, 0) is 4.79 Å². The molecular weight excluding hydrogens is 445 g/mol. The molecule has 0 spiro atoms. The summed E-state index contributed by atoms with van der Waals surface area (Å²) in [6, 6.07) is 20.0. The van der Waals surface area contributed by atoms with Crippen molar-refractivity contribution >= 4 is 23.4 Å². The van der Waals surface area contributed by atoms with E-state index in [4.69, 9.17) is 13.9 Å². The summed E-state index contributed by atoms with van der Waals surface area (Å²) in [6.45, 7) is 0. The summed E-state index contributed by atoms with van der Waals surface area (Å²) in [4.78, 5) is 13.1. The molecule has 0 aliphatic rings. The lowest BCUT2D eigenvalue weighted by atomic mass is 10.1. The number of hydrogen-bond donors (Lipinski definition) is 1. The van der Waals surface area contributed by atoms with E-state index in [1.54, 1.807) is 25.3 Å². The molecule has 0 aliphatic carbocycles. The highest BCUT2D eigenvalue weighted by atomic mass is 32.2. The number of amides is 1. The Kier molecular flexibility index (Phi) is 6.89. The van der Waals surface area contributed by atoms with Gasteiger partial charge in [0.05, 0.1) is 19.8 Å². The van der Waals surface area contributed by atoms with E-state index in [1.807, 2.05) is 30.3 Å². The summed E-state index contributed by atoms with van der Waals surface area (Å²) in [5, 5.41) is 10.6. The highest BCUT2D eigenvalue weighted by Gasteiger charge is 2.26. The molecule has 4 rings (SSSR count). The van der Waals surface area contributed by atoms with Gasteiger partial charge >= 0.3 is 0 Å². The number of rotatable bonds is 8. The van der Waals surface area contributed by atoms with Crippen LogP contribution in [-0.4, -0.2) is 30.3 Å². The van der Waals surface area contributed by atoms with Crippen molar-refractivity contribution in [1.82, 2.24) is 10.2 Å². The maximum Gasteiger partial charge on any atom is 0.277 e. The zero-order valence-electron chi connectivity index (χ0n) is 17.8. The zero-order valence-corrected chi connectivity index (χ0v) is 18.6. The monoisotopic (exact) mass is 465 g/mol. The molecule has 0 bridgehead atoms. The number of carbonyl (C=O) groups is 1. The predicted octanol–water partition coefficient (Wildman–Crippen LogP) is 5.37. The van der Waals surface area contributed by atoms with Gasteiger partial charge in [0, 0.05) is 11.8 Å². The van der Waals surface area contributed by atoms with Crippen LogP contribution in [0.25, 0.3) is 11.5 Å². The van der Waals surface area contributed by atoms with Crippen LogP contribution < -0.4 is 14.8 Å². The Morgan fingerprint density at radius 2 is 1.76 bits per heavy atom. The molecule has 7 nitrogen and oxygen atoms in total. The van der Waals surface area contributed by atoms with Crippen molar-refractivity contribution in [3.05, 3.63) is 84.2 Å².